The van der Waals surface area contributed by atoms with Gasteiger partial charge in [-0.2, -0.15) is 5.10 Å². The lowest BCUT2D eigenvalue weighted by molar-refractivity contribution is 0.00873. The van der Waals surface area contributed by atoms with Gasteiger partial charge in [-0.15, -0.1) is 0 Å². The standard InChI is InChI=1S/C19H24F2N4O3/c1-13-10-25(18-15(20)4-3-5-16(18)21)22-17(13)19(27)23(2)11-14(26)12-24-6-8-28-9-7-24/h3-5,10,14,26H,6-9,11-12H2,1-2H3/t14-/m1/s1. The van der Waals surface area contributed by atoms with Crippen LogP contribution in [0.15, 0.2) is 24.4 Å². The highest BCUT2D eigenvalue weighted by molar-refractivity contribution is 5.93. The number of amides is 1. The van der Waals surface area contributed by atoms with Crippen molar-refractivity contribution >= 4 is 5.91 Å². The molecule has 0 unspecified atom stereocenters. The van der Waals surface area contributed by atoms with Crippen molar-refractivity contribution < 1.29 is 23.4 Å². The van der Waals surface area contributed by atoms with E-state index in [-0.39, 0.29) is 17.9 Å². The molecule has 1 aliphatic rings. The minimum absolute atomic E-state index is 0.0868. The lowest BCUT2D eigenvalue weighted by Gasteiger charge is -2.30. The highest BCUT2D eigenvalue weighted by Crippen LogP contribution is 2.19. The van der Waals surface area contributed by atoms with Crippen LogP contribution in [-0.2, 0) is 4.74 Å². The predicted molar refractivity (Wildman–Crippen MR) is 98.4 cm³/mol. The van der Waals surface area contributed by atoms with E-state index in [9.17, 15) is 18.7 Å². The Labute approximate surface area is 162 Å². The van der Waals surface area contributed by atoms with Crippen LogP contribution in [0.25, 0.3) is 5.69 Å². The second-order valence-corrected chi connectivity index (χ2v) is 6.93. The topological polar surface area (TPSA) is 70.8 Å². The van der Waals surface area contributed by atoms with Crippen molar-refractivity contribution in [3.63, 3.8) is 0 Å². The zero-order valence-electron chi connectivity index (χ0n) is 15.9. The van der Waals surface area contributed by atoms with E-state index >= 15 is 0 Å². The fourth-order valence-corrected chi connectivity index (χ4v) is 3.21. The maximum Gasteiger partial charge on any atom is 0.274 e. The van der Waals surface area contributed by atoms with Gasteiger partial charge >= 0.3 is 0 Å². The number of carbonyl (C=O) groups is 1. The number of ether oxygens (including phenoxy) is 1. The van der Waals surface area contributed by atoms with Crippen LogP contribution in [-0.4, -0.2) is 83.1 Å². The number of hydrogen-bond donors (Lipinski definition) is 1. The molecule has 2 heterocycles. The Bertz CT molecular complexity index is 816. The molecule has 1 saturated heterocycles. The Morgan fingerprint density at radius 3 is 2.61 bits per heavy atom. The summed E-state index contributed by atoms with van der Waals surface area (Å²) in [6.45, 7) is 4.95. The number of likely N-dealkylation sites (N-methyl/N-ethyl adjacent to an activating group) is 1. The molecule has 1 aliphatic heterocycles. The van der Waals surface area contributed by atoms with E-state index in [1.165, 1.54) is 17.2 Å². The van der Waals surface area contributed by atoms with E-state index in [1.807, 2.05) is 0 Å². The molecule has 1 amide bonds. The minimum Gasteiger partial charge on any atom is -0.390 e. The van der Waals surface area contributed by atoms with Crippen LogP contribution >= 0.6 is 0 Å². The first-order valence-corrected chi connectivity index (χ1v) is 9.11. The van der Waals surface area contributed by atoms with Crippen LogP contribution < -0.4 is 0 Å². The average molecular weight is 394 g/mol. The largest absolute Gasteiger partial charge is 0.390 e. The van der Waals surface area contributed by atoms with Gasteiger partial charge in [-0.3, -0.25) is 9.69 Å². The molecule has 0 bridgehead atoms. The van der Waals surface area contributed by atoms with Crippen LogP contribution in [0.1, 0.15) is 16.1 Å². The number of aromatic nitrogens is 2. The Balaban J connectivity index is 1.69. The van der Waals surface area contributed by atoms with E-state index in [4.69, 9.17) is 4.74 Å². The summed E-state index contributed by atoms with van der Waals surface area (Å²) in [7, 11) is 1.56. The number of rotatable bonds is 6. The van der Waals surface area contributed by atoms with Crippen LogP contribution in [0, 0.1) is 18.6 Å². The van der Waals surface area contributed by atoms with Gasteiger partial charge in [0.15, 0.2) is 17.3 Å². The van der Waals surface area contributed by atoms with E-state index < -0.39 is 23.6 Å². The van der Waals surface area contributed by atoms with Crippen LogP contribution in [0.4, 0.5) is 8.78 Å². The maximum absolute atomic E-state index is 14.0. The number of aryl methyl sites for hydroxylation is 1. The number of β-amino-alcohol motifs (C(OH)–C–C–N with tert-alkyl or cyclic N) is 1. The van der Waals surface area contributed by atoms with Gasteiger partial charge in [-0.05, 0) is 19.1 Å². The second-order valence-electron chi connectivity index (χ2n) is 6.93. The molecular weight excluding hydrogens is 370 g/mol. The van der Waals surface area contributed by atoms with E-state index in [0.29, 0.717) is 25.3 Å². The van der Waals surface area contributed by atoms with Gasteiger partial charge in [-0.1, -0.05) is 6.07 Å². The number of aliphatic hydroxyl groups is 1. The van der Waals surface area contributed by atoms with Crippen molar-refractivity contribution in [2.45, 2.75) is 13.0 Å². The first-order chi connectivity index (χ1) is 13.4. The van der Waals surface area contributed by atoms with Crippen molar-refractivity contribution in [2.24, 2.45) is 0 Å². The lowest BCUT2D eigenvalue weighted by Crippen LogP contribution is -2.45. The molecule has 152 valence electrons. The first kappa shape index (κ1) is 20.4. The Morgan fingerprint density at radius 1 is 1.32 bits per heavy atom. The molecule has 0 radical (unpaired) electrons. The summed E-state index contributed by atoms with van der Waals surface area (Å²) in [6.07, 6.45) is 0.686. The summed E-state index contributed by atoms with van der Waals surface area (Å²) < 4.78 is 34.3. The van der Waals surface area contributed by atoms with Crippen LogP contribution in [0.2, 0.25) is 0 Å². The van der Waals surface area contributed by atoms with Crippen molar-refractivity contribution in [1.29, 1.82) is 0 Å². The molecule has 1 atom stereocenters. The number of morpholine rings is 1. The number of nitrogens with zero attached hydrogens (tertiary/aromatic N) is 4. The monoisotopic (exact) mass is 394 g/mol. The molecule has 7 nitrogen and oxygen atoms in total. The molecular formula is C19H24F2N4O3. The van der Waals surface area contributed by atoms with Gasteiger partial charge in [0, 0.05) is 45.0 Å². The molecule has 1 fully saturated rings. The molecule has 1 aromatic heterocycles. The predicted octanol–water partition coefficient (Wildman–Crippen LogP) is 1.22. The fraction of sp³-hybridized carbons (Fsp3) is 0.474. The normalized spacial score (nSPS) is 16.2. The Kier molecular flexibility index (Phi) is 6.38. The third kappa shape index (κ3) is 4.54. The molecule has 1 N–H and O–H groups in total. The number of benzene rings is 1. The Morgan fingerprint density at radius 2 is 1.96 bits per heavy atom. The quantitative estimate of drug-likeness (QED) is 0.798. The SMILES string of the molecule is Cc1cn(-c2c(F)cccc2F)nc1C(=O)N(C)C[C@@H](O)CN1CCOCC1. The number of carbonyl (C=O) groups excluding carboxylic acids is 1. The fourth-order valence-electron chi connectivity index (χ4n) is 3.21. The van der Waals surface area contributed by atoms with Gasteiger partial charge in [0.1, 0.15) is 5.69 Å². The zero-order chi connectivity index (χ0) is 20.3. The number of para-hydroxylation sites is 1. The smallest absolute Gasteiger partial charge is 0.274 e. The minimum atomic E-state index is -0.768. The molecule has 9 heteroatoms. The third-order valence-corrected chi connectivity index (χ3v) is 4.67. The number of hydrogen-bond acceptors (Lipinski definition) is 5. The summed E-state index contributed by atoms with van der Waals surface area (Å²) >= 11 is 0. The summed E-state index contributed by atoms with van der Waals surface area (Å²) in [4.78, 5) is 16.2. The van der Waals surface area contributed by atoms with Gasteiger partial charge in [-0.25, -0.2) is 13.5 Å². The second kappa shape index (κ2) is 8.76. The Hall–Kier alpha value is -2.36. The average Bonchev–Trinajstić information content (AvgIpc) is 3.02. The number of aliphatic hydroxyl groups excluding tert-OH is 1. The summed E-state index contributed by atoms with van der Waals surface area (Å²) in [5, 5.41) is 14.4. The molecule has 0 saturated carbocycles. The number of halogens is 2. The summed E-state index contributed by atoms with van der Waals surface area (Å²) in [5.41, 5.74) is 0.241. The molecule has 0 spiro atoms. The van der Waals surface area contributed by atoms with Crippen LogP contribution in [0.5, 0.6) is 0 Å². The highest BCUT2D eigenvalue weighted by Gasteiger charge is 2.23. The van der Waals surface area contributed by atoms with Crippen molar-refractivity contribution in [3.8, 4) is 5.69 Å². The van der Waals surface area contributed by atoms with Crippen molar-refractivity contribution in [2.75, 3.05) is 46.4 Å². The first-order valence-electron chi connectivity index (χ1n) is 9.11. The van der Waals surface area contributed by atoms with E-state index in [0.717, 1.165) is 29.9 Å². The lowest BCUT2D eigenvalue weighted by atomic mass is 10.2. The van der Waals surface area contributed by atoms with Gasteiger partial charge in [0.25, 0.3) is 5.91 Å². The molecule has 0 aliphatic carbocycles. The molecule has 28 heavy (non-hydrogen) atoms. The highest BCUT2D eigenvalue weighted by atomic mass is 19.1. The van der Waals surface area contributed by atoms with Crippen molar-refractivity contribution in [1.82, 2.24) is 19.6 Å². The summed E-state index contributed by atoms with van der Waals surface area (Å²) in [6, 6.07) is 3.52. The molecule has 2 aromatic rings. The molecule has 1 aromatic carbocycles. The van der Waals surface area contributed by atoms with E-state index in [1.54, 1.807) is 14.0 Å². The molecule has 3 rings (SSSR count). The zero-order valence-corrected chi connectivity index (χ0v) is 15.9. The van der Waals surface area contributed by atoms with Crippen LogP contribution in [0.3, 0.4) is 0 Å². The van der Waals surface area contributed by atoms with Gasteiger partial charge < -0.3 is 14.7 Å². The van der Waals surface area contributed by atoms with Crippen molar-refractivity contribution in [3.05, 3.63) is 47.3 Å². The van der Waals surface area contributed by atoms with E-state index in [2.05, 4.69) is 10.00 Å². The van der Waals surface area contributed by atoms with Gasteiger partial charge in [0.2, 0.25) is 0 Å². The summed E-state index contributed by atoms with van der Waals surface area (Å²) in [5.74, 6) is -1.96. The maximum atomic E-state index is 14.0. The van der Waals surface area contributed by atoms with Gasteiger partial charge in [0.05, 0.1) is 19.3 Å². The third-order valence-electron chi connectivity index (χ3n) is 4.67.